The summed E-state index contributed by atoms with van der Waals surface area (Å²) < 4.78 is 10.4. The van der Waals surface area contributed by atoms with Crippen LogP contribution in [0.1, 0.15) is 41.5 Å². The molecule has 0 aromatic heterocycles. The second-order valence-electron chi connectivity index (χ2n) is 5.15. The third kappa shape index (κ3) is 8.24. The standard InChI is InChI=1S/C11H23NO3/c1-7-14-8-11(5,6)12-9(13)15-10(2,3)4/h7-8H2,1-6H3,(H,12,13). The Balaban J connectivity index is 4.04. The topological polar surface area (TPSA) is 47.6 Å². The van der Waals surface area contributed by atoms with Crippen LogP contribution in [-0.2, 0) is 9.47 Å². The van der Waals surface area contributed by atoms with Gasteiger partial charge in [-0.2, -0.15) is 0 Å². The minimum atomic E-state index is -0.466. The van der Waals surface area contributed by atoms with Crippen LogP contribution in [0.15, 0.2) is 0 Å². The third-order valence-electron chi connectivity index (χ3n) is 1.51. The van der Waals surface area contributed by atoms with Gasteiger partial charge in [0.05, 0.1) is 12.1 Å². The summed E-state index contributed by atoms with van der Waals surface area (Å²) in [6, 6.07) is 0. The number of hydrogen-bond acceptors (Lipinski definition) is 3. The number of rotatable bonds is 4. The Morgan fingerprint density at radius 1 is 1.20 bits per heavy atom. The molecule has 0 fully saturated rings. The fourth-order valence-electron chi connectivity index (χ4n) is 0.973. The summed E-state index contributed by atoms with van der Waals surface area (Å²) in [5.74, 6) is 0. The van der Waals surface area contributed by atoms with E-state index in [4.69, 9.17) is 9.47 Å². The van der Waals surface area contributed by atoms with Crippen molar-refractivity contribution in [1.29, 1.82) is 0 Å². The highest BCUT2D eigenvalue weighted by Crippen LogP contribution is 2.09. The van der Waals surface area contributed by atoms with Crippen molar-refractivity contribution in [1.82, 2.24) is 5.32 Å². The van der Waals surface area contributed by atoms with E-state index in [2.05, 4.69) is 5.32 Å². The second kappa shape index (κ2) is 5.35. The maximum atomic E-state index is 11.4. The summed E-state index contributed by atoms with van der Waals surface area (Å²) in [6.45, 7) is 12.3. The molecule has 4 heteroatoms. The molecule has 0 aliphatic heterocycles. The zero-order chi connectivity index (χ0) is 12.1. The molecule has 0 radical (unpaired) electrons. The van der Waals surface area contributed by atoms with Gasteiger partial charge in [-0.1, -0.05) is 0 Å². The molecule has 0 saturated heterocycles. The first-order chi connectivity index (χ1) is 6.66. The van der Waals surface area contributed by atoms with Crippen LogP contribution >= 0.6 is 0 Å². The largest absolute Gasteiger partial charge is 0.444 e. The molecule has 0 atom stereocenters. The van der Waals surface area contributed by atoms with Crippen LogP contribution in [0.5, 0.6) is 0 Å². The van der Waals surface area contributed by atoms with Gasteiger partial charge >= 0.3 is 6.09 Å². The van der Waals surface area contributed by atoms with Crippen LogP contribution in [0.2, 0.25) is 0 Å². The lowest BCUT2D eigenvalue weighted by molar-refractivity contribution is 0.0363. The lowest BCUT2D eigenvalue weighted by Gasteiger charge is -2.28. The average molecular weight is 217 g/mol. The number of hydrogen-bond donors (Lipinski definition) is 1. The first-order valence-electron chi connectivity index (χ1n) is 5.25. The first kappa shape index (κ1) is 14.2. The van der Waals surface area contributed by atoms with Crippen molar-refractivity contribution in [3.8, 4) is 0 Å². The van der Waals surface area contributed by atoms with Gasteiger partial charge in [-0.05, 0) is 41.5 Å². The van der Waals surface area contributed by atoms with E-state index >= 15 is 0 Å². The van der Waals surface area contributed by atoms with Crippen molar-refractivity contribution in [3.63, 3.8) is 0 Å². The van der Waals surface area contributed by atoms with Crippen molar-refractivity contribution in [2.45, 2.75) is 52.7 Å². The summed E-state index contributed by atoms with van der Waals surface area (Å²) in [7, 11) is 0. The number of carbonyl (C=O) groups is 1. The molecule has 0 unspecified atom stereocenters. The summed E-state index contributed by atoms with van der Waals surface area (Å²) in [5, 5.41) is 2.76. The van der Waals surface area contributed by atoms with Gasteiger partial charge < -0.3 is 14.8 Å². The Morgan fingerprint density at radius 3 is 2.13 bits per heavy atom. The summed E-state index contributed by atoms with van der Waals surface area (Å²) in [4.78, 5) is 11.4. The zero-order valence-electron chi connectivity index (χ0n) is 10.6. The number of nitrogens with one attached hydrogen (secondary N) is 1. The molecule has 0 aromatic rings. The molecule has 0 aliphatic carbocycles. The fraction of sp³-hybridized carbons (Fsp3) is 0.909. The molecule has 15 heavy (non-hydrogen) atoms. The van der Waals surface area contributed by atoms with E-state index in [1.807, 2.05) is 41.5 Å². The Hall–Kier alpha value is -0.770. The Morgan fingerprint density at radius 2 is 1.73 bits per heavy atom. The zero-order valence-corrected chi connectivity index (χ0v) is 10.6. The molecular weight excluding hydrogens is 194 g/mol. The molecule has 1 amide bonds. The highest BCUT2D eigenvalue weighted by atomic mass is 16.6. The van der Waals surface area contributed by atoms with Gasteiger partial charge in [0.15, 0.2) is 0 Å². The molecule has 1 N–H and O–H groups in total. The van der Waals surface area contributed by atoms with Crippen LogP contribution in [0.3, 0.4) is 0 Å². The SMILES string of the molecule is CCOCC(C)(C)NC(=O)OC(C)(C)C. The normalized spacial score (nSPS) is 12.4. The Kier molecular flexibility index (Phi) is 5.08. The van der Waals surface area contributed by atoms with Crippen molar-refractivity contribution in [3.05, 3.63) is 0 Å². The second-order valence-corrected chi connectivity index (χ2v) is 5.15. The minimum absolute atomic E-state index is 0.404. The number of amides is 1. The van der Waals surface area contributed by atoms with Gasteiger partial charge in [0.1, 0.15) is 5.60 Å². The number of alkyl carbamates (subject to hydrolysis) is 1. The monoisotopic (exact) mass is 217 g/mol. The molecule has 0 aliphatic rings. The smallest absolute Gasteiger partial charge is 0.408 e. The van der Waals surface area contributed by atoms with E-state index in [9.17, 15) is 4.79 Å². The molecule has 4 nitrogen and oxygen atoms in total. The van der Waals surface area contributed by atoms with E-state index in [1.165, 1.54) is 0 Å². The summed E-state index contributed by atoms with van der Waals surface area (Å²) in [6.07, 6.45) is -0.410. The highest BCUT2D eigenvalue weighted by Gasteiger charge is 2.24. The van der Waals surface area contributed by atoms with Gasteiger partial charge in [0.2, 0.25) is 0 Å². The molecule has 0 heterocycles. The van der Waals surface area contributed by atoms with Crippen LogP contribution in [0.25, 0.3) is 0 Å². The van der Waals surface area contributed by atoms with Crippen molar-refractivity contribution in [2.75, 3.05) is 13.2 Å². The van der Waals surface area contributed by atoms with Gasteiger partial charge in [-0.25, -0.2) is 4.79 Å². The summed E-state index contributed by atoms with van der Waals surface area (Å²) >= 11 is 0. The minimum Gasteiger partial charge on any atom is -0.444 e. The van der Waals surface area contributed by atoms with Crippen molar-refractivity contribution < 1.29 is 14.3 Å². The van der Waals surface area contributed by atoms with E-state index in [-0.39, 0.29) is 0 Å². The highest BCUT2D eigenvalue weighted by molar-refractivity contribution is 5.68. The molecule has 0 saturated carbocycles. The molecule has 0 bridgehead atoms. The van der Waals surface area contributed by atoms with Crippen LogP contribution in [-0.4, -0.2) is 30.4 Å². The molecule has 0 spiro atoms. The molecule has 0 rings (SSSR count). The maximum Gasteiger partial charge on any atom is 0.408 e. The quantitative estimate of drug-likeness (QED) is 0.786. The first-order valence-corrected chi connectivity index (χ1v) is 5.25. The third-order valence-corrected chi connectivity index (χ3v) is 1.51. The predicted molar refractivity (Wildman–Crippen MR) is 59.9 cm³/mol. The van der Waals surface area contributed by atoms with Crippen molar-refractivity contribution in [2.24, 2.45) is 0 Å². The predicted octanol–water partition coefficient (Wildman–Crippen LogP) is 2.33. The lowest BCUT2D eigenvalue weighted by atomic mass is 10.1. The Bertz CT molecular complexity index is 206. The van der Waals surface area contributed by atoms with E-state index < -0.39 is 17.2 Å². The lowest BCUT2D eigenvalue weighted by Crippen LogP contribution is -2.48. The van der Waals surface area contributed by atoms with E-state index in [0.717, 1.165) is 0 Å². The molecular formula is C11H23NO3. The molecule has 90 valence electrons. The van der Waals surface area contributed by atoms with Gasteiger partial charge in [0, 0.05) is 6.61 Å². The van der Waals surface area contributed by atoms with Crippen LogP contribution in [0, 0.1) is 0 Å². The van der Waals surface area contributed by atoms with Crippen molar-refractivity contribution >= 4 is 6.09 Å². The number of carbonyl (C=O) groups excluding carboxylic acids is 1. The van der Waals surface area contributed by atoms with Crippen LogP contribution < -0.4 is 5.32 Å². The average Bonchev–Trinajstić information content (AvgIpc) is 1.95. The summed E-state index contributed by atoms with van der Waals surface area (Å²) in [5.41, 5.74) is -0.871. The van der Waals surface area contributed by atoms with Gasteiger partial charge in [-0.3, -0.25) is 0 Å². The number of ether oxygens (including phenoxy) is 2. The van der Waals surface area contributed by atoms with E-state index in [1.54, 1.807) is 0 Å². The van der Waals surface area contributed by atoms with E-state index in [0.29, 0.717) is 13.2 Å². The van der Waals surface area contributed by atoms with Gasteiger partial charge in [-0.15, -0.1) is 0 Å². The molecule has 0 aromatic carbocycles. The maximum absolute atomic E-state index is 11.4. The van der Waals surface area contributed by atoms with Crippen LogP contribution in [0.4, 0.5) is 4.79 Å². The van der Waals surface area contributed by atoms with Gasteiger partial charge in [0.25, 0.3) is 0 Å². The fourth-order valence-corrected chi connectivity index (χ4v) is 0.973. The Labute approximate surface area is 92.3 Å².